The molecule has 0 saturated heterocycles. The predicted octanol–water partition coefficient (Wildman–Crippen LogP) is 2.53. The molecule has 0 bridgehead atoms. The van der Waals surface area contributed by atoms with E-state index in [0.717, 1.165) is 28.6 Å². The van der Waals surface area contributed by atoms with Crippen LogP contribution in [0.1, 0.15) is 19.8 Å². The van der Waals surface area contributed by atoms with Gasteiger partial charge >= 0.3 is 0 Å². The Balaban J connectivity index is 2.25. The van der Waals surface area contributed by atoms with Gasteiger partial charge in [-0.3, -0.25) is 0 Å². The molecular weight excluding hydrogens is 308 g/mol. The third-order valence-corrected chi connectivity index (χ3v) is 4.34. The summed E-state index contributed by atoms with van der Waals surface area (Å²) in [6.07, 6.45) is 4.23. The zero-order chi connectivity index (χ0) is 13.8. The van der Waals surface area contributed by atoms with Crippen LogP contribution in [-0.4, -0.2) is 43.3 Å². The average molecular weight is 329 g/mol. The minimum absolute atomic E-state index is 0.478. The molecule has 5 nitrogen and oxygen atoms in total. The Labute approximate surface area is 122 Å². The van der Waals surface area contributed by atoms with E-state index in [4.69, 9.17) is 4.74 Å². The number of hydrogen-bond acceptors (Lipinski definition) is 5. The van der Waals surface area contributed by atoms with Crippen LogP contribution in [0.5, 0.6) is 0 Å². The molecule has 1 aliphatic carbocycles. The molecule has 1 N–H and O–H groups in total. The van der Waals surface area contributed by atoms with Crippen LogP contribution in [0.2, 0.25) is 0 Å². The average Bonchev–Trinajstić information content (AvgIpc) is 3.25. The van der Waals surface area contributed by atoms with Gasteiger partial charge in [-0.25, -0.2) is 9.97 Å². The first kappa shape index (κ1) is 14.5. The smallest absolute Gasteiger partial charge is 0.148 e. The molecule has 2 rings (SSSR count). The Bertz CT molecular complexity index is 425. The minimum atomic E-state index is 0.478. The van der Waals surface area contributed by atoms with Crippen molar-refractivity contribution in [1.82, 2.24) is 9.97 Å². The van der Waals surface area contributed by atoms with E-state index < -0.39 is 0 Å². The lowest BCUT2D eigenvalue weighted by Crippen LogP contribution is -2.38. The second-order valence-electron chi connectivity index (χ2n) is 4.87. The molecule has 106 valence electrons. The van der Waals surface area contributed by atoms with Gasteiger partial charge in [0.1, 0.15) is 22.4 Å². The SMILES string of the molecule is CNc1ncnc(N(CCOC)C(C)C2CC2)c1Br. The zero-order valence-electron chi connectivity index (χ0n) is 11.7. The van der Waals surface area contributed by atoms with Crippen molar-refractivity contribution in [3.8, 4) is 0 Å². The lowest BCUT2D eigenvalue weighted by atomic mass is 10.2. The van der Waals surface area contributed by atoms with E-state index >= 15 is 0 Å². The Morgan fingerprint density at radius 3 is 2.84 bits per heavy atom. The Kier molecular flexibility index (Phi) is 4.99. The molecule has 0 aromatic carbocycles. The molecule has 6 heteroatoms. The number of anilines is 2. The van der Waals surface area contributed by atoms with Crippen molar-refractivity contribution in [2.45, 2.75) is 25.8 Å². The normalized spacial score (nSPS) is 16.2. The number of aromatic nitrogens is 2. The first-order valence-corrected chi connectivity index (χ1v) is 7.42. The summed E-state index contributed by atoms with van der Waals surface area (Å²) in [4.78, 5) is 11.0. The number of nitrogens with one attached hydrogen (secondary N) is 1. The van der Waals surface area contributed by atoms with Crippen LogP contribution in [0, 0.1) is 5.92 Å². The molecule has 1 aromatic rings. The van der Waals surface area contributed by atoms with Gasteiger partial charge in [0.2, 0.25) is 0 Å². The fourth-order valence-corrected chi connectivity index (χ4v) is 2.89. The molecule has 0 aliphatic heterocycles. The summed E-state index contributed by atoms with van der Waals surface area (Å²) < 4.78 is 6.14. The molecule has 1 atom stereocenters. The maximum Gasteiger partial charge on any atom is 0.148 e. The molecule has 1 aromatic heterocycles. The summed E-state index contributed by atoms with van der Waals surface area (Å²) in [5, 5.41) is 3.07. The third-order valence-electron chi connectivity index (χ3n) is 3.61. The number of ether oxygens (including phenoxy) is 1. The maximum absolute atomic E-state index is 5.22. The molecule has 0 spiro atoms. The van der Waals surface area contributed by atoms with Crippen LogP contribution in [-0.2, 0) is 4.74 Å². The molecule has 19 heavy (non-hydrogen) atoms. The topological polar surface area (TPSA) is 50.3 Å². The minimum Gasteiger partial charge on any atom is -0.383 e. The van der Waals surface area contributed by atoms with Crippen LogP contribution in [0.15, 0.2) is 10.8 Å². The summed E-state index contributed by atoms with van der Waals surface area (Å²) in [7, 11) is 3.59. The lowest BCUT2D eigenvalue weighted by Gasteiger charge is -2.31. The number of halogens is 1. The molecule has 1 heterocycles. The predicted molar refractivity (Wildman–Crippen MR) is 80.7 cm³/mol. The highest BCUT2D eigenvalue weighted by atomic mass is 79.9. The van der Waals surface area contributed by atoms with Crippen molar-refractivity contribution in [3.63, 3.8) is 0 Å². The van der Waals surface area contributed by atoms with E-state index in [-0.39, 0.29) is 0 Å². The van der Waals surface area contributed by atoms with E-state index in [0.29, 0.717) is 12.6 Å². The molecule has 1 saturated carbocycles. The maximum atomic E-state index is 5.22. The van der Waals surface area contributed by atoms with E-state index in [1.807, 2.05) is 7.05 Å². The molecular formula is C13H21BrN4O. The molecule has 1 unspecified atom stereocenters. The largest absolute Gasteiger partial charge is 0.383 e. The van der Waals surface area contributed by atoms with Crippen LogP contribution in [0.4, 0.5) is 11.6 Å². The van der Waals surface area contributed by atoms with Gasteiger partial charge in [0.25, 0.3) is 0 Å². The van der Waals surface area contributed by atoms with Crippen molar-refractivity contribution in [1.29, 1.82) is 0 Å². The lowest BCUT2D eigenvalue weighted by molar-refractivity contribution is 0.202. The van der Waals surface area contributed by atoms with Gasteiger partial charge in [0.15, 0.2) is 0 Å². The van der Waals surface area contributed by atoms with Crippen molar-refractivity contribution in [2.24, 2.45) is 5.92 Å². The van der Waals surface area contributed by atoms with Crippen molar-refractivity contribution < 1.29 is 4.74 Å². The summed E-state index contributed by atoms with van der Waals surface area (Å²) in [6.45, 7) is 3.80. The highest BCUT2D eigenvalue weighted by Crippen LogP contribution is 2.38. The summed E-state index contributed by atoms with van der Waals surface area (Å²) in [5.41, 5.74) is 0. The molecule has 1 aliphatic rings. The highest BCUT2D eigenvalue weighted by molar-refractivity contribution is 9.10. The standard InChI is InChI=1S/C13H21BrN4O/c1-9(10-4-5-10)18(6-7-19-3)13-11(14)12(15-2)16-8-17-13/h8-10H,4-7H2,1-3H3,(H,15,16,17). The molecule has 0 radical (unpaired) electrons. The van der Waals surface area contributed by atoms with Crippen LogP contribution >= 0.6 is 15.9 Å². The third kappa shape index (κ3) is 3.36. The monoisotopic (exact) mass is 328 g/mol. The quantitative estimate of drug-likeness (QED) is 0.833. The van der Waals surface area contributed by atoms with Gasteiger partial charge in [-0.2, -0.15) is 0 Å². The van der Waals surface area contributed by atoms with E-state index in [1.165, 1.54) is 12.8 Å². The van der Waals surface area contributed by atoms with Gasteiger partial charge in [-0.05, 0) is 41.6 Å². The second kappa shape index (κ2) is 6.52. The van der Waals surface area contributed by atoms with E-state index in [9.17, 15) is 0 Å². The number of nitrogens with zero attached hydrogens (tertiary/aromatic N) is 3. The fraction of sp³-hybridized carbons (Fsp3) is 0.692. The van der Waals surface area contributed by atoms with Crippen molar-refractivity contribution >= 4 is 27.6 Å². The van der Waals surface area contributed by atoms with E-state index in [1.54, 1.807) is 13.4 Å². The fourth-order valence-electron chi connectivity index (χ4n) is 2.26. The molecule has 0 amide bonds. The Morgan fingerprint density at radius 2 is 2.26 bits per heavy atom. The highest BCUT2D eigenvalue weighted by Gasteiger charge is 2.33. The number of hydrogen-bond donors (Lipinski definition) is 1. The Hall–Kier alpha value is -0.880. The zero-order valence-corrected chi connectivity index (χ0v) is 13.3. The first-order chi connectivity index (χ1) is 9.19. The summed E-state index contributed by atoms with van der Waals surface area (Å²) >= 11 is 3.60. The van der Waals surface area contributed by atoms with Gasteiger partial charge in [-0.1, -0.05) is 0 Å². The van der Waals surface area contributed by atoms with Gasteiger partial charge in [0.05, 0.1) is 6.61 Å². The summed E-state index contributed by atoms with van der Waals surface area (Å²) in [6, 6.07) is 0.478. The number of rotatable bonds is 7. The summed E-state index contributed by atoms with van der Waals surface area (Å²) in [5.74, 6) is 2.53. The van der Waals surface area contributed by atoms with Crippen LogP contribution in [0.25, 0.3) is 0 Å². The second-order valence-corrected chi connectivity index (χ2v) is 5.67. The van der Waals surface area contributed by atoms with Crippen molar-refractivity contribution in [2.75, 3.05) is 37.5 Å². The van der Waals surface area contributed by atoms with Gasteiger partial charge < -0.3 is 15.0 Å². The van der Waals surface area contributed by atoms with Crippen LogP contribution in [0.3, 0.4) is 0 Å². The van der Waals surface area contributed by atoms with Gasteiger partial charge in [0, 0.05) is 26.7 Å². The van der Waals surface area contributed by atoms with Crippen molar-refractivity contribution in [3.05, 3.63) is 10.8 Å². The van der Waals surface area contributed by atoms with E-state index in [2.05, 4.69) is 43.0 Å². The van der Waals surface area contributed by atoms with Gasteiger partial charge in [-0.15, -0.1) is 0 Å². The first-order valence-electron chi connectivity index (χ1n) is 6.62. The van der Waals surface area contributed by atoms with Crippen LogP contribution < -0.4 is 10.2 Å². The Morgan fingerprint density at radius 1 is 1.53 bits per heavy atom. The molecule has 1 fully saturated rings. The number of methoxy groups -OCH3 is 1.